The van der Waals surface area contributed by atoms with Crippen molar-refractivity contribution in [3.8, 4) is 5.75 Å². The molecule has 0 radical (unpaired) electrons. The monoisotopic (exact) mass is 553 g/mol. The third-order valence-electron chi connectivity index (χ3n) is 7.74. The highest BCUT2D eigenvalue weighted by Crippen LogP contribution is 2.58. The second kappa shape index (κ2) is 11.7. The van der Waals surface area contributed by atoms with Crippen molar-refractivity contribution in [1.82, 2.24) is 5.06 Å². The molecular weight excluding hydrogens is 513 g/mol. The Morgan fingerprint density at radius 2 is 1.61 bits per heavy atom. The highest BCUT2D eigenvalue weighted by Gasteiger charge is 2.54. The third kappa shape index (κ3) is 7.34. The molecule has 0 saturated heterocycles. The third-order valence-corrected chi connectivity index (χ3v) is 9.73. The fraction of sp³-hybridized carbons (Fsp3) is 0.643. The zero-order valence-corrected chi connectivity index (χ0v) is 23.9. The van der Waals surface area contributed by atoms with Crippen LogP contribution in [-0.4, -0.2) is 57.5 Å². The first-order valence-corrected chi connectivity index (χ1v) is 14.7. The molecule has 0 N–H and O–H groups in total. The van der Waals surface area contributed by atoms with Crippen molar-refractivity contribution in [3.63, 3.8) is 0 Å². The Morgan fingerprint density at radius 1 is 1.03 bits per heavy atom. The van der Waals surface area contributed by atoms with Crippen LogP contribution in [-0.2, 0) is 29.0 Å². The van der Waals surface area contributed by atoms with Gasteiger partial charge in [0.15, 0.2) is 9.84 Å². The summed E-state index contributed by atoms with van der Waals surface area (Å²) in [6.07, 6.45) is 4.70. The molecule has 0 aromatic heterocycles. The van der Waals surface area contributed by atoms with Gasteiger partial charge >= 0.3 is 5.97 Å². The second-order valence-electron chi connectivity index (χ2n) is 11.6. The topological polar surface area (TPSA) is 99.2 Å². The molecule has 1 amide bonds. The van der Waals surface area contributed by atoms with Gasteiger partial charge in [0, 0.05) is 13.5 Å². The fourth-order valence-electron chi connectivity index (χ4n) is 5.44. The van der Waals surface area contributed by atoms with E-state index in [2.05, 4.69) is 0 Å². The highest BCUT2D eigenvalue weighted by atomic mass is 32.2. The first-order valence-electron chi connectivity index (χ1n) is 13.0. The predicted octanol–water partition coefficient (Wildman–Crippen LogP) is 5.17. The molecule has 38 heavy (non-hydrogen) atoms. The van der Waals surface area contributed by atoms with Crippen LogP contribution in [0.25, 0.3) is 0 Å². The number of rotatable bonds is 11. The van der Waals surface area contributed by atoms with Gasteiger partial charge in [-0.05, 0) is 101 Å². The van der Waals surface area contributed by atoms with E-state index in [0.717, 1.165) is 0 Å². The number of ether oxygens (including phenoxy) is 2. The van der Waals surface area contributed by atoms with Crippen LogP contribution in [0.4, 0.5) is 4.39 Å². The predicted molar refractivity (Wildman–Crippen MR) is 141 cm³/mol. The number of hydroxylamine groups is 2. The summed E-state index contributed by atoms with van der Waals surface area (Å²) in [6, 6.07) is 6.13. The van der Waals surface area contributed by atoms with E-state index in [-0.39, 0.29) is 41.4 Å². The number of benzene rings is 1. The van der Waals surface area contributed by atoms with Gasteiger partial charge in [0.1, 0.15) is 18.0 Å². The van der Waals surface area contributed by atoms with E-state index in [1.807, 2.05) is 0 Å². The number of amides is 1. The van der Waals surface area contributed by atoms with Crippen LogP contribution >= 0.6 is 0 Å². The average Bonchev–Trinajstić information content (AvgIpc) is 2.87. The van der Waals surface area contributed by atoms with E-state index < -0.39 is 26.8 Å². The van der Waals surface area contributed by atoms with E-state index in [0.29, 0.717) is 56.2 Å². The number of fused-ring (bicyclic) bond motifs is 3. The normalized spacial score (nSPS) is 23.7. The summed E-state index contributed by atoms with van der Waals surface area (Å²) >= 11 is 0. The fourth-order valence-corrected chi connectivity index (χ4v) is 7.39. The van der Waals surface area contributed by atoms with Crippen molar-refractivity contribution in [2.24, 2.45) is 10.8 Å². The van der Waals surface area contributed by atoms with Crippen molar-refractivity contribution in [1.29, 1.82) is 0 Å². The maximum absolute atomic E-state index is 13.3. The first-order chi connectivity index (χ1) is 17.7. The maximum Gasteiger partial charge on any atom is 0.306 e. The van der Waals surface area contributed by atoms with Crippen LogP contribution in [0.2, 0.25) is 0 Å². The zero-order chi connectivity index (χ0) is 28.2. The molecule has 1 aromatic rings. The molecule has 0 atom stereocenters. The molecule has 10 heteroatoms. The lowest BCUT2D eigenvalue weighted by Crippen LogP contribution is -2.52. The van der Waals surface area contributed by atoms with Crippen LogP contribution in [0.3, 0.4) is 0 Å². The Balaban J connectivity index is 1.54. The summed E-state index contributed by atoms with van der Waals surface area (Å²) in [6.45, 7) is 5.24. The molecule has 3 saturated carbocycles. The summed E-state index contributed by atoms with van der Waals surface area (Å²) < 4.78 is 50.7. The molecule has 2 bridgehead atoms. The van der Waals surface area contributed by atoms with Gasteiger partial charge in [0.05, 0.1) is 29.5 Å². The minimum atomic E-state index is -3.55. The van der Waals surface area contributed by atoms with Gasteiger partial charge in [0.25, 0.3) is 5.91 Å². The number of esters is 1. The molecule has 0 unspecified atom stereocenters. The number of sulfone groups is 1. The molecule has 3 fully saturated rings. The average molecular weight is 554 g/mol. The van der Waals surface area contributed by atoms with Crippen molar-refractivity contribution in [2.45, 2.75) is 82.6 Å². The molecule has 3 aliphatic rings. The molecular formula is C28H40FNO7S. The van der Waals surface area contributed by atoms with Crippen LogP contribution in [0.1, 0.15) is 72.1 Å². The lowest BCUT2D eigenvalue weighted by atomic mass is 9.54. The lowest BCUT2D eigenvalue weighted by Gasteiger charge is -2.52. The summed E-state index contributed by atoms with van der Waals surface area (Å²) in [5.74, 6) is 0.00709. The second-order valence-corrected chi connectivity index (χ2v) is 13.6. The van der Waals surface area contributed by atoms with Gasteiger partial charge in [-0.25, -0.2) is 17.9 Å². The van der Waals surface area contributed by atoms with Gasteiger partial charge in [0.2, 0.25) is 0 Å². The molecule has 0 heterocycles. The molecule has 0 aliphatic heterocycles. The zero-order valence-electron chi connectivity index (χ0n) is 23.0. The standard InChI is InChI=1S/C28H40FNO7S/c1-26(2,3)37-24(31)11-6-21(18-29)19-36-22-7-9-23(10-8-22)38(33,34)20-27-12-15-28(16-13-27,17-14-27)25(32)30(4)35-5/h7-10,18H,6,11-17,19-20H2,1-5H3/b21-18+. The van der Waals surface area contributed by atoms with Gasteiger partial charge < -0.3 is 9.47 Å². The van der Waals surface area contributed by atoms with Crippen LogP contribution in [0.15, 0.2) is 41.1 Å². The van der Waals surface area contributed by atoms with E-state index >= 15 is 0 Å². The minimum Gasteiger partial charge on any atom is -0.489 e. The minimum absolute atomic E-state index is 0.0256. The van der Waals surface area contributed by atoms with E-state index in [1.165, 1.54) is 24.3 Å². The number of nitrogens with zero attached hydrogens (tertiary/aromatic N) is 1. The first kappa shape index (κ1) is 30.1. The van der Waals surface area contributed by atoms with Gasteiger partial charge in [-0.1, -0.05) is 0 Å². The highest BCUT2D eigenvalue weighted by molar-refractivity contribution is 7.91. The summed E-state index contributed by atoms with van der Waals surface area (Å²) in [5.41, 5.74) is -1.08. The number of carbonyl (C=O) groups excluding carboxylic acids is 2. The molecule has 8 nitrogen and oxygen atoms in total. The van der Waals surface area contributed by atoms with E-state index in [4.69, 9.17) is 14.3 Å². The van der Waals surface area contributed by atoms with Crippen molar-refractivity contribution < 1.29 is 36.7 Å². The smallest absolute Gasteiger partial charge is 0.306 e. The summed E-state index contributed by atoms with van der Waals surface area (Å²) in [7, 11) is -0.467. The van der Waals surface area contributed by atoms with Crippen LogP contribution in [0, 0.1) is 10.8 Å². The Labute approximate surface area is 225 Å². The maximum atomic E-state index is 13.3. The van der Waals surface area contributed by atoms with Crippen molar-refractivity contribution in [3.05, 3.63) is 36.2 Å². The molecule has 3 aliphatic carbocycles. The molecule has 1 aromatic carbocycles. The van der Waals surface area contributed by atoms with Crippen molar-refractivity contribution >= 4 is 21.7 Å². The Kier molecular flexibility index (Phi) is 9.29. The number of hydrogen-bond acceptors (Lipinski definition) is 7. The van der Waals surface area contributed by atoms with E-state index in [9.17, 15) is 22.4 Å². The van der Waals surface area contributed by atoms with Gasteiger partial charge in [-0.3, -0.25) is 14.4 Å². The van der Waals surface area contributed by atoms with Crippen molar-refractivity contribution in [2.75, 3.05) is 26.5 Å². The number of hydrogen-bond donors (Lipinski definition) is 0. The Morgan fingerprint density at radius 3 is 2.11 bits per heavy atom. The Hall–Kier alpha value is -2.46. The van der Waals surface area contributed by atoms with E-state index in [1.54, 1.807) is 40.0 Å². The molecule has 0 spiro atoms. The lowest BCUT2D eigenvalue weighted by molar-refractivity contribution is -0.188. The SMILES string of the molecule is CON(C)C(=O)C12CCC(CS(=O)(=O)c3ccc(OC/C(=C/F)CCC(=O)OC(C)(C)C)cc3)(CC1)CC2. The van der Waals surface area contributed by atoms with Crippen LogP contribution in [0.5, 0.6) is 5.75 Å². The van der Waals surface area contributed by atoms with Gasteiger partial charge in [-0.2, -0.15) is 0 Å². The Bertz CT molecular complexity index is 1110. The molecule has 212 valence electrons. The quantitative estimate of drug-likeness (QED) is 0.275. The summed E-state index contributed by atoms with van der Waals surface area (Å²) in [5, 5.41) is 1.28. The number of carbonyl (C=O) groups is 2. The summed E-state index contributed by atoms with van der Waals surface area (Å²) in [4.78, 5) is 30.0. The number of halogens is 1. The van der Waals surface area contributed by atoms with Gasteiger partial charge in [-0.15, -0.1) is 0 Å². The van der Waals surface area contributed by atoms with Crippen LogP contribution < -0.4 is 4.74 Å². The molecule has 4 rings (SSSR count). The largest absolute Gasteiger partial charge is 0.489 e.